The summed E-state index contributed by atoms with van der Waals surface area (Å²) in [5, 5.41) is 4.87. The van der Waals surface area contributed by atoms with Crippen LogP contribution in [0, 0.1) is 5.82 Å². The average molecular weight is 355 g/mol. The van der Waals surface area contributed by atoms with Crippen molar-refractivity contribution in [1.82, 2.24) is 10.6 Å². The number of imide groups is 1. The number of rotatable bonds is 6. The topological polar surface area (TPSA) is 67.4 Å². The highest BCUT2D eigenvalue weighted by Gasteiger charge is 2.10. The van der Waals surface area contributed by atoms with E-state index in [2.05, 4.69) is 16.7 Å². The molecule has 0 fully saturated rings. The first-order chi connectivity index (χ1) is 11.5. The Morgan fingerprint density at radius 3 is 2.83 bits per heavy atom. The summed E-state index contributed by atoms with van der Waals surface area (Å²) in [5.74, 6) is -0.924. The maximum atomic E-state index is 12.9. The van der Waals surface area contributed by atoms with Crippen molar-refractivity contribution in [2.75, 3.05) is 13.2 Å². The van der Waals surface area contributed by atoms with Gasteiger partial charge in [0.15, 0.2) is 6.61 Å². The first-order valence-corrected chi connectivity index (χ1v) is 8.26. The van der Waals surface area contributed by atoms with Crippen LogP contribution in [0.3, 0.4) is 0 Å². The van der Waals surface area contributed by atoms with Gasteiger partial charge in [0, 0.05) is 6.54 Å². The summed E-state index contributed by atoms with van der Waals surface area (Å²) in [6, 6.07) is 3.01. The van der Waals surface area contributed by atoms with Crippen LogP contribution in [0.15, 0.2) is 29.8 Å². The van der Waals surface area contributed by atoms with Crippen LogP contribution in [0.5, 0.6) is 5.75 Å². The van der Waals surface area contributed by atoms with Crippen molar-refractivity contribution in [1.29, 1.82) is 0 Å². The van der Waals surface area contributed by atoms with Crippen molar-refractivity contribution in [3.63, 3.8) is 0 Å². The molecule has 0 aromatic heterocycles. The molecule has 2 rings (SSSR count). The van der Waals surface area contributed by atoms with Gasteiger partial charge in [0.25, 0.3) is 5.91 Å². The zero-order chi connectivity index (χ0) is 17.4. The van der Waals surface area contributed by atoms with Crippen LogP contribution in [-0.4, -0.2) is 25.1 Å². The van der Waals surface area contributed by atoms with E-state index in [1.165, 1.54) is 30.5 Å². The second-order valence-electron chi connectivity index (χ2n) is 5.53. The normalized spacial score (nSPS) is 13.8. The average Bonchev–Trinajstić information content (AvgIpc) is 2.55. The highest BCUT2D eigenvalue weighted by molar-refractivity contribution is 6.32. The molecule has 2 N–H and O–H groups in total. The van der Waals surface area contributed by atoms with Gasteiger partial charge in [-0.15, -0.1) is 0 Å². The fraction of sp³-hybridized carbons (Fsp3) is 0.412. The van der Waals surface area contributed by atoms with Gasteiger partial charge in [0.1, 0.15) is 11.6 Å². The molecule has 0 spiro atoms. The van der Waals surface area contributed by atoms with Gasteiger partial charge in [-0.05, 0) is 50.3 Å². The van der Waals surface area contributed by atoms with E-state index in [0.717, 1.165) is 25.3 Å². The van der Waals surface area contributed by atoms with Crippen LogP contribution in [0.1, 0.15) is 32.1 Å². The molecule has 1 aromatic carbocycles. The number of amides is 3. The van der Waals surface area contributed by atoms with E-state index in [1.54, 1.807) is 0 Å². The Morgan fingerprint density at radius 2 is 2.12 bits per heavy atom. The van der Waals surface area contributed by atoms with Crippen LogP contribution in [0.2, 0.25) is 5.02 Å². The number of hydrogen-bond acceptors (Lipinski definition) is 3. The Bertz CT molecular complexity index is 634. The zero-order valence-corrected chi connectivity index (χ0v) is 14.0. The predicted octanol–water partition coefficient (Wildman–Crippen LogP) is 3.57. The molecule has 0 atom stereocenters. The quantitative estimate of drug-likeness (QED) is 0.767. The largest absolute Gasteiger partial charge is 0.482 e. The Kier molecular flexibility index (Phi) is 7.06. The van der Waals surface area contributed by atoms with Crippen LogP contribution in [0.25, 0.3) is 0 Å². The summed E-state index contributed by atoms with van der Waals surface area (Å²) in [4.78, 5) is 23.3. The van der Waals surface area contributed by atoms with Crippen LogP contribution in [-0.2, 0) is 4.79 Å². The monoisotopic (exact) mass is 354 g/mol. The molecule has 5 nitrogen and oxygen atoms in total. The molecule has 0 aliphatic heterocycles. The van der Waals surface area contributed by atoms with Gasteiger partial charge in [0.05, 0.1) is 5.02 Å². The zero-order valence-electron chi connectivity index (χ0n) is 13.2. The number of hydrogen-bond donors (Lipinski definition) is 2. The van der Waals surface area contributed by atoms with Crippen LogP contribution >= 0.6 is 11.6 Å². The summed E-state index contributed by atoms with van der Waals surface area (Å²) < 4.78 is 18.0. The minimum Gasteiger partial charge on any atom is -0.482 e. The van der Waals surface area contributed by atoms with Crippen molar-refractivity contribution in [3.05, 3.63) is 40.7 Å². The molecule has 130 valence electrons. The molecule has 0 saturated carbocycles. The fourth-order valence-corrected chi connectivity index (χ4v) is 2.63. The lowest BCUT2D eigenvalue weighted by Gasteiger charge is -2.13. The summed E-state index contributed by atoms with van der Waals surface area (Å²) in [6.07, 6.45) is 7.61. The maximum absolute atomic E-state index is 12.9. The van der Waals surface area contributed by atoms with E-state index >= 15 is 0 Å². The van der Waals surface area contributed by atoms with E-state index in [1.807, 2.05) is 0 Å². The van der Waals surface area contributed by atoms with E-state index in [9.17, 15) is 14.0 Å². The van der Waals surface area contributed by atoms with Gasteiger partial charge in [-0.2, -0.15) is 0 Å². The smallest absolute Gasteiger partial charge is 0.321 e. The molecule has 7 heteroatoms. The number of benzene rings is 1. The lowest BCUT2D eigenvalue weighted by Crippen LogP contribution is -2.42. The lowest BCUT2D eigenvalue weighted by atomic mass is 9.97. The number of urea groups is 1. The molecule has 0 unspecified atom stereocenters. The van der Waals surface area contributed by atoms with E-state index < -0.39 is 17.8 Å². The Hall–Kier alpha value is -2.08. The van der Waals surface area contributed by atoms with Gasteiger partial charge in [-0.1, -0.05) is 23.3 Å². The molecule has 1 aromatic rings. The third kappa shape index (κ3) is 6.20. The van der Waals surface area contributed by atoms with Gasteiger partial charge < -0.3 is 10.1 Å². The summed E-state index contributed by atoms with van der Waals surface area (Å²) in [6.45, 7) is 0.0967. The SMILES string of the molecule is O=C(COc1ccc(F)cc1Cl)NC(=O)NCCC1=CCCCC1. The third-order valence-electron chi connectivity index (χ3n) is 3.62. The van der Waals surface area contributed by atoms with Crippen molar-refractivity contribution in [2.24, 2.45) is 0 Å². The molecule has 24 heavy (non-hydrogen) atoms. The Balaban J connectivity index is 1.66. The number of nitrogens with one attached hydrogen (secondary N) is 2. The minimum atomic E-state index is -0.607. The van der Waals surface area contributed by atoms with E-state index in [0.29, 0.717) is 6.54 Å². The fourth-order valence-electron chi connectivity index (χ4n) is 2.41. The van der Waals surface area contributed by atoms with E-state index in [4.69, 9.17) is 16.3 Å². The van der Waals surface area contributed by atoms with Crippen molar-refractivity contribution in [3.8, 4) is 5.75 Å². The molecular weight excluding hydrogens is 335 g/mol. The molecule has 1 aliphatic rings. The van der Waals surface area contributed by atoms with Gasteiger partial charge in [-0.25, -0.2) is 9.18 Å². The second-order valence-corrected chi connectivity index (χ2v) is 5.93. The van der Waals surface area contributed by atoms with Crippen LogP contribution in [0.4, 0.5) is 9.18 Å². The van der Waals surface area contributed by atoms with Gasteiger partial charge in [0.2, 0.25) is 0 Å². The number of halogens is 2. The molecule has 0 heterocycles. The van der Waals surface area contributed by atoms with Crippen molar-refractivity contribution >= 4 is 23.5 Å². The number of ether oxygens (including phenoxy) is 1. The molecule has 0 saturated heterocycles. The molecule has 0 bridgehead atoms. The maximum Gasteiger partial charge on any atom is 0.321 e. The number of carbonyl (C=O) groups excluding carboxylic acids is 2. The lowest BCUT2D eigenvalue weighted by molar-refractivity contribution is -0.122. The summed E-state index contributed by atoms with van der Waals surface area (Å²) >= 11 is 5.78. The molecule has 3 amide bonds. The molecule has 1 aliphatic carbocycles. The predicted molar refractivity (Wildman–Crippen MR) is 89.6 cm³/mol. The minimum absolute atomic E-state index is 0.0630. The highest BCUT2D eigenvalue weighted by atomic mass is 35.5. The second kappa shape index (κ2) is 9.27. The summed E-state index contributed by atoms with van der Waals surface area (Å²) in [5.41, 5.74) is 1.35. The number of allylic oxidation sites excluding steroid dienone is 1. The van der Waals surface area contributed by atoms with Gasteiger partial charge >= 0.3 is 6.03 Å². The van der Waals surface area contributed by atoms with Gasteiger partial charge in [-0.3, -0.25) is 10.1 Å². The standard InChI is InChI=1S/C17H20ClFN2O3/c18-14-10-13(19)6-7-15(14)24-11-16(22)21-17(23)20-9-8-12-4-2-1-3-5-12/h4,6-7,10H,1-3,5,8-9,11H2,(H2,20,21,22,23). The Labute approximate surface area is 145 Å². The summed E-state index contributed by atoms with van der Waals surface area (Å²) in [7, 11) is 0. The van der Waals surface area contributed by atoms with Crippen molar-refractivity contribution < 1.29 is 18.7 Å². The van der Waals surface area contributed by atoms with Crippen LogP contribution < -0.4 is 15.4 Å². The first kappa shape index (κ1) is 18.3. The molecule has 0 radical (unpaired) electrons. The first-order valence-electron chi connectivity index (χ1n) is 7.88. The number of carbonyl (C=O) groups is 2. The molecular formula is C17H20ClFN2O3. The van der Waals surface area contributed by atoms with Crippen molar-refractivity contribution in [2.45, 2.75) is 32.1 Å². The Morgan fingerprint density at radius 1 is 1.29 bits per heavy atom. The highest BCUT2D eigenvalue weighted by Crippen LogP contribution is 2.24. The third-order valence-corrected chi connectivity index (χ3v) is 3.92. The van der Waals surface area contributed by atoms with E-state index in [-0.39, 0.29) is 17.4 Å².